The summed E-state index contributed by atoms with van der Waals surface area (Å²) in [6.07, 6.45) is 6.19. The van der Waals surface area contributed by atoms with E-state index in [1.807, 2.05) is 36.4 Å². The Balaban J connectivity index is 0.000000274. The summed E-state index contributed by atoms with van der Waals surface area (Å²) in [4.78, 5) is 98.0. The van der Waals surface area contributed by atoms with E-state index in [2.05, 4.69) is 39.5 Å². The quantitative estimate of drug-likeness (QED) is 0.0171. The molecule has 0 aliphatic carbocycles. The fourth-order valence-electron chi connectivity index (χ4n) is 8.41. The second-order valence-corrected chi connectivity index (χ2v) is 20.5. The number of ether oxygens (including phenoxy) is 6. The highest BCUT2D eigenvalue weighted by molar-refractivity contribution is 5.94. The Hall–Kier alpha value is -9.96. The molecule has 2 aromatic heterocycles. The Morgan fingerprint density at radius 2 is 0.882 bits per heavy atom. The third-order valence-electron chi connectivity index (χ3n) is 13.0. The third kappa shape index (κ3) is 17.8. The summed E-state index contributed by atoms with van der Waals surface area (Å²) in [7, 11) is 0. The number of carbonyl (C=O) groups is 6. The number of hydrogen-bond donors (Lipinski definition) is 0. The molecule has 16 heteroatoms. The number of carbonyl (C=O) groups excluding carboxylic acids is 6. The van der Waals surface area contributed by atoms with Crippen LogP contribution in [0.2, 0.25) is 0 Å². The van der Waals surface area contributed by atoms with Gasteiger partial charge in [-0.2, -0.15) is 0 Å². The summed E-state index contributed by atoms with van der Waals surface area (Å²) in [5.74, 6) is -2.13. The second-order valence-electron chi connectivity index (χ2n) is 20.5. The van der Waals surface area contributed by atoms with Gasteiger partial charge in [0.15, 0.2) is 5.43 Å². The van der Waals surface area contributed by atoms with Crippen molar-refractivity contribution in [3.8, 4) is 33.8 Å². The van der Waals surface area contributed by atoms with Crippen LogP contribution in [0.15, 0.2) is 189 Å². The summed E-state index contributed by atoms with van der Waals surface area (Å²) in [5, 5.41) is 2.50. The first-order valence-corrected chi connectivity index (χ1v) is 27.3. The van der Waals surface area contributed by atoms with Gasteiger partial charge in [-0.3, -0.25) is 9.59 Å². The van der Waals surface area contributed by atoms with Crippen LogP contribution in [0.4, 0.5) is 0 Å². The highest BCUT2D eigenvalue weighted by atomic mass is 16.6. The first-order valence-electron chi connectivity index (χ1n) is 27.3. The average molecular weight is 1150 g/mol. The van der Waals surface area contributed by atoms with Crippen LogP contribution >= 0.6 is 0 Å². The van der Waals surface area contributed by atoms with Crippen LogP contribution in [0, 0.1) is 0 Å². The van der Waals surface area contributed by atoms with Crippen LogP contribution < -0.4 is 20.3 Å². The Bertz CT molecular complexity index is 3940. The van der Waals surface area contributed by atoms with Gasteiger partial charge in [0.2, 0.25) is 5.43 Å². The summed E-state index contributed by atoms with van der Waals surface area (Å²) in [6, 6.07) is 25.1. The average Bonchev–Trinajstić information content (AvgIpc) is 3.65. The van der Waals surface area contributed by atoms with Gasteiger partial charge in [-0.15, -0.1) is 0 Å². The van der Waals surface area contributed by atoms with Crippen LogP contribution in [-0.4, -0.2) is 62.2 Å². The maximum absolute atomic E-state index is 13.9. The minimum absolute atomic E-state index is 0.0172. The van der Waals surface area contributed by atoms with Crippen molar-refractivity contribution in [2.75, 3.05) is 26.4 Å². The lowest BCUT2D eigenvalue weighted by molar-refractivity contribution is -0.139. The highest BCUT2D eigenvalue weighted by Gasteiger charge is 2.19. The van der Waals surface area contributed by atoms with E-state index in [1.54, 1.807) is 90.1 Å². The second kappa shape index (κ2) is 29.8. The van der Waals surface area contributed by atoms with Gasteiger partial charge in [0, 0.05) is 45.4 Å². The zero-order valence-corrected chi connectivity index (χ0v) is 48.8. The SMILES string of the molecule is C=C(C)C(=O)OCCCc1cc(CCCOC(=O)C(=C)C)c2occ(-c3ccc4cc(OC(=O)C(=C)C)ccc4c3)c(=O)c2c1.C=C(C)C(=O)OCCCc1cc2c(=O)c(CCOC(=O)C(=C)C)coc2cc1-c1ccc(OC(=O)C(=C)C)cc1. The zero-order chi connectivity index (χ0) is 62.1. The molecule has 0 radical (unpaired) electrons. The van der Waals surface area contributed by atoms with Gasteiger partial charge in [-0.1, -0.05) is 75.9 Å². The van der Waals surface area contributed by atoms with Gasteiger partial charge in [0.1, 0.15) is 28.9 Å². The maximum atomic E-state index is 13.9. The van der Waals surface area contributed by atoms with Crippen LogP contribution in [0.25, 0.3) is 55.0 Å². The van der Waals surface area contributed by atoms with E-state index in [9.17, 15) is 38.4 Å². The molecule has 0 bridgehead atoms. The molecule has 0 unspecified atom stereocenters. The van der Waals surface area contributed by atoms with E-state index in [1.165, 1.54) is 12.5 Å². The molecule has 7 aromatic rings. The molecule has 0 N–H and O–H groups in total. The molecule has 5 aromatic carbocycles. The van der Waals surface area contributed by atoms with Crippen molar-refractivity contribution in [3.05, 3.63) is 213 Å². The number of aryl methyl sites for hydroxylation is 3. The molecule has 440 valence electrons. The molecule has 0 saturated heterocycles. The first kappa shape index (κ1) is 64.2. The molecule has 0 spiro atoms. The predicted molar refractivity (Wildman–Crippen MR) is 326 cm³/mol. The standard InChI is InChI=1S/C37H36O8.C32H32O8/c1-22(2)35(39)42-15-7-9-25-17-29(10-8-16-43-36(40)23(3)4)34-31(18-25)33(38)32(21-44-34)28-12-11-27-20-30(14-13-26(27)19-28)45-37(41)24(5)6;1-19(2)30(34)37-14-7-8-23-16-27-28(39-18-24(29(27)33)13-15-38-31(35)20(3)4)17-26(23)22-9-11-25(12-10-22)40-32(36)21(5)6/h11-14,17-21H,1,3,5,7-10,15-16H2,2,4,6H3;9-12,16-18H,1,3,5,7-8,13-15H2,2,4,6H3. The van der Waals surface area contributed by atoms with E-state index in [0.717, 1.165) is 38.6 Å². The molecule has 0 saturated carbocycles. The van der Waals surface area contributed by atoms with E-state index in [-0.39, 0.29) is 54.9 Å². The van der Waals surface area contributed by atoms with Gasteiger partial charge in [-0.05, 0) is 173 Å². The molecule has 7 rings (SSSR count). The molecule has 2 heterocycles. The van der Waals surface area contributed by atoms with E-state index in [4.69, 9.17) is 37.3 Å². The van der Waals surface area contributed by atoms with Crippen molar-refractivity contribution in [1.82, 2.24) is 0 Å². The molecule has 0 aliphatic rings. The largest absolute Gasteiger partial charge is 0.464 e. The molecule has 0 amide bonds. The molecule has 0 atom stereocenters. The first-order chi connectivity index (χ1) is 40.4. The smallest absolute Gasteiger partial charge is 0.338 e. The lowest BCUT2D eigenvalue weighted by Crippen LogP contribution is -2.14. The minimum Gasteiger partial charge on any atom is -0.464 e. The van der Waals surface area contributed by atoms with Crippen LogP contribution in [-0.2, 0) is 73.4 Å². The van der Waals surface area contributed by atoms with Crippen molar-refractivity contribution in [1.29, 1.82) is 0 Å². The predicted octanol–water partition coefficient (Wildman–Crippen LogP) is 12.9. The van der Waals surface area contributed by atoms with Crippen molar-refractivity contribution >= 4 is 68.5 Å². The molecular formula is C69H68O16. The van der Waals surface area contributed by atoms with E-state index in [0.29, 0.717) is 111 Å². The summed E-state index contributed by atoms with van der Waals surface area (Å²) < 4.78 is 43.4. The van der Waals surface area contributed by atoms with Crippen molar-refractivity contribution < 1.29 is 66.0 Å². The Kier molecular flexibility index (Phi) is 22.5. The number of hydrogen-bond acceptors (Lipinski definition) is 16. The topological polar surface area (TPSA) is 218 Å². The van der Waals surface area contributed by atoms with E-state index >= 15 is 0 Å². The zero-order valence-electron chi connectivity index (χ0n) is 48.8. The summed E-state index contributed by atoms with van der Waals surface area (Å²) in [5.41, 5.74) is 7.90. The van der Waals surface area contributed by atoms with Crippen LogP contribution in [0.3, 0.4) is 0 Å². The van der Waals surface area contributed by atoms with Gasteiger partial charge >= 0.3 is 35.8 Å². The monoisotopic (exact) mass is 1150 g/mol. The fraction of sp³-hybridized carbons (Fsp3) is 0.246. The Morgan fingerprint density at radius 1 is 0.400 bits per heavy atom. The van der Waals surface area contributed by atoms with E-state index < -0.39 is 35.8 Å². The van der Waals surface area contributed by atoms with Gasteiger partial charge in [0.05, 0.1) is 49.0 Å². The lowest BCUT2D eigenvalue weighted by Gasteiger charge is -2.13. The maximum Gasteiger partial charge on any atom is 0.338 e. The summed E-state index contributed by atoms with van der Waals surface area (Å²) >= 11 is 0. The summed E-state index contributed by atoms with van der Waals surface area (Å²) in [6.45, 7) is 31.6. The fourth-order valence-corrected chi connectivity index (χ4v) is 8.41. The number of benzene rings is 5. The van der Waals surface area contributed by atoms with Gasteiger partial charge in [-0.25, -0.2) is 28.8 Å². The highest BCUT2D eigenvalue weighted by Crippen LogP contribution is 2.32. The van der Waals surface area contributed by atoms with Crippen molar-refractivity contribution in [2.45, 2.75) is 86.5 Å². The van der Waals surface area contributed by atoms with Gasteiger partial charge < -0.3 is 37.3 Å². The molecule has 16 nitrogen and oxygen atoms in total. The Labute approximate surface area is 492 Å². The third-order valence-corrected chi connectivity index (χ3v) is 13.0. The normalized spacial score (nSPS) is 10.7. The molecule has 0 fully saturated rings. The molecule has 0 aliphatic heterocycles. The molecule has 85 heavy (non-hydrogen) atoms. The lowest BCUT2D eigenvalue weighted by atomic mass is 9.94. The molecular weight excluding hydrogens is 1080 g/mol. The number of esters is 6. The van der Waals surface area contributed by atoms with Crippen molar-refractivity contribution in [2.24, 2.45) is 0 Å². The number of fused-ring (bicyclic) bond motifs is 3. The van der Waals surface area contributed by atoms with Gasteiger partial charge in [0.25, 0.3) is 0 Å². The Morgan fingerprint density at radius 3 is 1.45 bits per heavy atom. The van der Waals surface area contributed by atoms with Crippen molar-refractivity contribution in [3.63, 3.8) is 0 Å². The number of rotatable bonds is 25. The van der Waals surface area contributed by atoms with Crippen LogP contribution in [0.1, 0.15) is 83.1 Å². The minimum atomic E-state index is -0.523. The van der Waals surface area contributed by atoms with Crippen LogP contribution in [0.5, 0.6) is 11.5 Å².